The van der Waals surface area contributed by atoms with Crippen molar-refractivity contribution in [2.45, 2.75) is 0 Å². The van der Waals surface area contributed by atoms with Gasteiger partial charge in [-0.3, -0.25) is 0 Å². The van der Waals surface area contributed by atoms with Gasteiger partial charge in [0.25, 0.3) is 0 Å². The number of carbonyl (C=O) groups is 1. The van der Waals surface area contributed by atoms with E-state index in [1.807, 2.05) is 48.5 Å². The summed E-state index contributed by atoms with van der Waals surface area (Å²) in [6.45, 7) is 0. The van der Waals surface area contributed by atoms with Crippen molar-refractivity contribution in [3.63, 3.8) is 0 Å². The molecule has 0 heterocycles. The molecule has 3 aromatic rings. The summed E-state index contributed by atoms with van der Waals surface area (Å²) in [6, 6.07) is 18.5. The lowest BCUT2D eigenvalue weighted by molar-refractivity contribution is 0.0700. The molecule has 3 heteroatoms. The predicted octanol–water partition coefficient (Wildman–Crippen LogP) is 3.79. The number of benzene rings is 3. The van der Waals surface area contributed by atoms with Crippen LogP contribution in [-0.4, -0.2) is 11.1 Å². The number of nitrogen functional groups attached to an aromatic ring is 1. The zero-order valence-corrected chi connectivity index (χ0v) is 10.7. The molecule has 0 bridgehead atoms. The van der Waals surface area contributed by atoms with Gasteiger partial charge in [0.15, 0.2) is 0 Å². The third-order valence-electron chi connectivity index (χ3n) is 3.36. The minimum absolute atomic E-state index is 0.327. The van der Waals surface area contributed by atoms with E-state index in [9.17, 15) is 9.90 Å². The molecule has 0 fully saturated rings. The molecule has 0 unspecified atom stereocenters. The molecule has 3 nitrogen and oxygen atoms in total. The van der Waals surface area contributed by atoms with Crippen LogP contribution in [0.4, 0.5) is 5.69 Å². The van der Waals surface area contributed by atoms with Gasteiger partial charge in [-0.1, -0.05) is 48.5 Å². The van der Waals surface area contributed by atoms with Crippen LogP contribution in [0.5, 0.6) is 0 Å². The quantitative estimate of drug-likeness (QED) is 0.691. The Morgan fingerprint density at radius 2 is 1.60 bits per heavy atom. The second-order valence-electron chi connectivity index (χ2n) is 4.64. The lowest BCUT2D eigenvalue weighted by Gasteiger charge is -2.10. The Kier molecular flexibility index (Phi) is 2.88. The van der Waals surface area contributed by atoms with Crippen molar-refractivity contribution in [2.75, 3.05) is 5.73 Å². The third kappa shape index (κ3) is 1.99. The Morgan fingerprint density at radius 3 is 2.30 bits per heavy atom. The third-order valence-corrected chi connectivity index (χ3v) is 3.36. The van der Waals surface area contributed by atoms with Gasteiger partial charge < -0.3 is 10.8 Å². The first-order chi connectivity index (χ1) is 9.66. The van der Waals surface area contributed by atoms with Gasteiger partial charge in [0.1, 0.15) is 0 Å². The van der Waals surface area contributed by atoms with E-state index >= 15 is 0 Å². The molecule has 98 valence electrons. The maximum absolute atomic E-state index is 11.7. The highest BCUT2D eigenvalue weighted by atomic mass is 16.4. The van der Waals surface area contributed by atoms with Crippen LogP contribution in [0.15, 0.2) is 60.7 Å². The van der Waals surface area contributed by atoms with E-state index < -0.39 is 5.97 Å². The molecular formula is C17H13NO2. The number of hydrogen-bond acceptors (Lipinski definition) is 2. The van der Waals surface area contributed by atoms with Crippen molar-refractivity contribution < 1.29 is 9.90 Å². The molecule has 0 aliphatic carbocycles. The van der Waals surface area contributed by atoms with E-state index in [4.69, 9.17) is 5.73 Å². The molecule has 0 spiro atoms. The molecule has 0 aliphatic heterocycles. The highest BCUT2D eigenvalue weighted by Crippen LogP contribution is 2.30. The van der Waals surface area contributed by atoms with Crippen LogP contribution >= 0.6 is 0 Å². The van der Waals surface area contributed by atoms with Crippen molar-refractivity contribution >= 4 is 22.4 Å². The topological polar surface area (TPSA) is 63.3 Å². The SMILES string of the molecule is Nc1ccc(-c2ccc3ccccc3c2C(=O)O)cc1. The van der Waals surface area contributed by atoms with Gasteiger partial charge >= 0.3 is 5.97 Å². The van der Waals surface area contributed by atoms with Crippen molar-refractivity contribution in [1.29, 1.82) is 0 Å². The van der Waals surface area contributed by atoms with Gasteiger partial charge in [-0.15, -0.1) is 0 Å². The molecule has 0 amide bonds. The summed E-state index contributed by atoms with van der Waals surface area (Å²) in [5, 5.41) is 11.2. The first kappa shape index (κ1) is 12.2. The molecule has 3 rings (SSSR count). The summed E-state index contributed by atoms with van der Waals surface area (Å²) in [6.07, 6.45) is 0. The molecule has 0 saturated carbocycles. The standard InChI is InChI=1S/C17H13NO2/c18-13-8-5-12(6-9-13)15-10-7-11-3-1-2-4-14(11)16(15)17(19)20/h1-10H,18H2,(H,19,20). The highest BCUT2D eigenvalue weighted by molar-refractivity contribution is 6.09. The first-order valence-corrected chi connectivity index (χ1v) is 6.28. The van der Waals surface area contributed by atoms with Gasteiger partial charge in [0, 0.05) is 5.69 Å². The van der Waals surface area contributed by atoms with E-state index in [-0.39, 0.29) is 0 Å². The minimum atomic E-state index is -0.923. The summed E-state index contributed by atoms with van der Waals surface area (Å²) in [7, 11) is 0. The average molecular weight is 263 g/mol. The van der Waals surface area contributed by atoms with Crippen molar-refractivity contribution in [3.8, 4) is 11.1 Å². The fourth-order valence-corrected chi connectivity index (χ4v) is 2.41. The highest BCUT2D eigenvalue weighted by Gasteiger charge is 2.15. The van der Waals surface area contributed by atoms with Crippen molar-refractivity contribution in [1.82, 2.24) is 0 Å². The van der Waals surface area contributed by atoms with Crippen molar-refractivity contribution in [3.05, 3.63) is 66.2 Å². The van der Waals surface area contributed by atoms with Crippen LogP contribution in [0.3, 0.4) is 0 Å². The number of aromatic carboxylic acids is 1. The number of nitrogens with two attached hydrogens (primary N) is 1. The van der Waals surface area contributed by atoms with E-state index in [0.717, 1.165) is 16.3 Å². The molecule has 0 aromatic heterocycles. The van der Waals surface area contributed by atoms with Gasteiger partial charge in [-0.25, -0.2) is 4.79 Å². The predicted molar refractivity (Wildman–Crippen MR) is 80.8 cm³/mol. The molecule has 0 saturated heterocycles. The van der Waals surface area contributed by atoms with Crippen LogP contribution in [0.25, 0.3) is 21.9 Å². The Bertz CT molecular complexity index is 792. The van der Waals surface area contributed by atoms with Gasteiger partial charge in [0.05, 0.1) is 5.56 Å². The van der Waals surface area contributed by atoms with E-state index in [1.54, 1.807) is 12.1 Å². The van der Waals surface area contributed by atoms with Gasteiger partial charge in [0.2, 0.25) is 0 Å². The molecule has 20 heavy (non-hydrogen) atoms. The fourth-order valence-electron chi connectivity index (χ4n) is 2.41. The Labute approximate surface area is 116 Å². The summed E-state index contributed by atoms with van der Waals surface area (Å²) in [5.74, 6) is -0.923. The summed E-state index contributed by atoms with van der Waals surface area (Å²) >= 11 is 0. The zero-order chi connectivity index (χ0) is 14.1. The number of hydrogen-bond donors (Lipinski definition) is 2. The van der Waals surface area contributed by atoms with Crippen molar-refractivity contribution in [2.24, 2.45) is 0 Å². The number of carboxylic acids is 1. The van der Waals surface area contributed by atoms with Crippen LogP contribution in [0, 0.1) is 0 Å². The van der Waals surface area contributed by atoms with Crippen LogP contribution in [0.1, 0.15) is 10.4 Å². The molecule has 0 atom stereocenters. The fraction of sp³-hybridized carbons (Fsp3) is 0. The summed E-state index contributed by atoms with van der Waals surface area (Å²) in [4.78, 5) is 11.7. The molecular weight excluding hydrogens is 250 g/mol. The van der Waals surface area contributed by atoms with Crippen LogP contribution in [-0.2, 0) is 0 Å². The van der Waals surface area contributed by atoms with E-state index in [1.165, 1.54) is 0 Å². The van der Waals surface area contributed by atoms with Crippen LogP contribution < -0.4 is 5.73 Å². The van der Waals surface area contributed by atoms with Gasteiger partial charge in [-0.05, 0) is 34.0 Å². The second-order valence-corrected chi connectivity index (χ2v) is 4.64. The van der Waals surface area contributed by atoms with E-state index in [2.05, 4.69) is 0 Å². The number of carboxylic acid groups (broad SMARTS) is 1. The van der Waals surface area contributed by atoms with E-state index in [0.29, 0.717) is 16.8 Å². The number of fused-ring (bicyclic) bond motifs is 1. The zero-order valence-electron chi connectivity index (χ0n) is 10.7. The molecule has 0 aliphatic rings. The monoisotopic (exact) mass is 263 g/mol. The summed E-state index contributed by atoms with van der Waals surface area (Å²) < 4.78 is 0. The lowest BCUT2D eigenvalue weighted by Crippen LogP contribution is -2.01. The smallest absolute Gasteiger partial charge is 0.336 e. The number of rotatable bonds is 2. The summed E-state index contributed by atoms with van der Waals surface area (Å²) in [5.41, 5.74) is 8.22. The average Bonchev–Trinajstić information content (AvgIpc) is 2.46. The maximum Gasteiger partial charge on any atom is 0.336 e. The largest absolute Gasteiger partial charge is 0.478 e. The van der Waals surface area contributed by atoms with Gasteiger partial charge in [-0.2, -0.15) is 0 Å². The Hall–Kier alpha value is -2.81. The second kappa shape index (κ2) is 4.70. The number of anilines is 1. The molecule has 3 aromatic carbocycles. The minimum Gasteiger partial charge on any atom is -0.478 e. The van der Waals surface area contributed by atoms with Crippen LogP contribution in [0.2, 0.25) is 0 Å². The molecule has 0 radical (unpaired) electrons. The Balaban J connectivity index is 2.33. The lowest BCUT2D eigenvalue weighted by atomic mass is 9.94. The molecule has 3 N–H and O–H groups in total. The first-order valence-electron chi connectivity index (χ1n) is 6.28. The normalized spacial score (nSPS) is 10.6. The Morgan fingerprint density at radius 1 is 0.900 bits per heavy atom. The maximum atomic E-state index is 11.7.